The maximum absolute atomic E-state index is 12.6. The number of carbonyl (C=O) groups excluding carboxylic acids is 2. The molecule has 0 bridgehead atoms. The fourth-order valence-corrected chi connectivity index (χ4v) is 3.43. The number of hydrogen-bond donors (Lipinski definition) is 3. The Balaban J connectivity index is 1.80. The van der Waals surface area contributed by atoms with Crippen LogP contribution in [0.25, 0.3) is 0 Å². The van der Waals surface area contributed by atoms with Gasteiger partial charge in [0.2, 0.25) is 0 Å². The number of ether oxygens (including phenoxy) is 1. The topological polar surface area (TPSA) is 105 Å². The van der Waals surface area contributed by atoms with Crippen molar-refractivity contribution in [3.63, 3.8) is 0 Å². The molecule has 0 aromatic heterocycles. The van der Waals surface area contributed by atoms with Gasteiger partial charge in [0.25, 0.3) is 11.8 Å². The molecule has 24 heavy (non-hydrogen) atoms. The summed E-state index contributed by atoms with van der Waals surface area (Å²) in [5, 5.41) is 15.0. The number of rotatable bonds is 3. The molecule has 0 saturated heterocycles. The quantitative estimate of drug-likeness (QED) is 0.782. The second kappa shape index (κ2) is 6.14. The zero-order valence-electron chi connectivity index (χ0n) is 13.4. The molecule has 1 aliphatic carbocycles. The number of hydrogen-bond acceptors (Lipinski definition) is 4. The van der Waals surface area contributed by atoms with E-state index in [1.165, 1.54) is 0 Å². The van der Waals surface area contributed by atoms with Crippen LogP contribution < -0.4 is 15.4 Å². The van der Waals surface area contributed by atoms with Gasteiger partial charge in [-0.15, -0.1) is 0 Å². The second-order valence-electron chi connectivity index (χ2n) is 6.56. The van der Waals surface area contributed by atoms with Gasteiger partial charge in [0.1, 0.15) is 5.75 Å². The van der Waals surface area contributed by atoms with Gasteiger partial charge in [-0.1, -0.05) is 12.8 Å². The van der Waals surface area contributed by atoms with E-state index >= 15 is 0 Å². The third kappa shape index (κ3) is 3.06. The van der Waals surface area contributed by atoms with E-state index < -0.39 is 17.4 Å². The molecule has 7 nitrogen and oxygen atoms in total. The van der Waals surface area contributed by atoms with Crippen LogP contribution in [0.5, 0.6) is 5.75 Å². The van der Waals surface area contributed by atoms with Crippen molar-refractivity contribution in [3.05, 3.63) is 23.8 Å². The first kappa shape index (κ1) is 16.3. The molecule has 1 aliphatic heterocycles. The molecule has 0 spiro atoms. The van der Waals surface area contributed by atoms with Crippen molar-refractivity contribution >= 4 is 23.5 Å². The van der Waals surface area contributed by atoms with Gasteiger partial charge in [-0.25, -0.2) is 0 Å². The minimum Gasteiger partial charge on any atom is -0.482 e. The molecule has 3 rings (SSSR count). The summed E-state index contributed by atoms with van der Waals surface area (Å²) in [7, 11) is 0. The van der Waals surface area contributed by atoms with Crippen molar-refractivity contribution in [1.82, 2.24) is 5.32 Å². The monoisotopic (exact) mass is 332 g/mol. The first-order chi connectivity index (χ1) is 11.4. The number of carboxylic acids is 1. The van der Waals surface area contributed by atoms with E-state index in [4.69, 9.17) is 4.74 Å². The molecule has 1 aromatic rings. The van der Waals surface area contributed by atoms with Gasteiger partial charge in [-0.3, -0.25) is 14.4 Å². The number of aliphatic carboxylic acids is 1. The fraction of sp³-hybridized carbons (Fsp3) is 0.471. The summed E-state index contributed by atoms with van der Waals surface area (Å²) in [5.41, 5.74) is 0.0227. The molecule has 1 aromatic carbocycles. The van der Waals surface area contributed by atoms with Crippen LogP contribution in [-0.2, 0) is 9.59 Å². The van der Waals surface area contributed by atoms with E-state index in [1.807, 2.05) is 0 Å². The lowest BCUT2D eigenvalue weighted by molar-refractivity contribution is -0.145. The molecule has 2 aliphatic rings. The molecule has 1 fully saturated rings. The number of nitrogens with one attached hydrogen (secondary N) is 2. The highest BCUT2D eigenvalue weighted by atomic mass is 16.5. The Bertz CT molecular complexity index is 702. The lowest BCUT2D eigenvalue weighted by atomic mass is 9.73. The number of anilines is 1. The van der Waals surface area contributed by atoms with E-state index in [2.05, 4.69) is 10.6 Å². The normalized spacial score (nSPS) is 25.9. The SMILES string of the molecule is CC1(NC(=O)c2ccc3c(c2)NC(=O)CO3)CCCCC1C(=O)O. The lowest BCUT2D eigenvalue weighted by Crippen LogP contribution is -2.55. The zero-order valence-corrected chi connectivity index (χ0v) is 13.4. The van der Waals surface area contributed by atoms with Crippen LogP contribution in [0.2, 0.25) is 0 Å². The van der Waals surface area contributed by atoms with Gasteiger partial charge in [-0.05, 0) is 38.0 Å². The first-order valence-electron chi connectivity index (χ1n) is 8.01. The van der Waals surface area contributed by atoms with Crippen LogP contribution in [0.3, 0.4) is 0 Å². The molecule has 2 atom stereocenters. The van der Waals surface area contributed by atoms with Crippen LogP contribution in [-0.4, -0.2) is 35.0 Å². The first-order valence-corrected chi connectivity index (χ1v) is 8.01. The summed E-state index contributed by atoms with van der Waals surface area (Å²) in [6, 6.07) is 4.78. The number of fused-ring (bicyclic) bond motifs is 1. The van der Waals surface area contributed by atoms with Crippen LogP contribution >= 0.6 is 0 Å². The summed E-state index contributed by atoms with van der Waals surface area (Å²) in [6.07, 6.45) is 2.92. The Labute approximate surface area is 139 Å². The summed E-state index contributed by atoms with van der Waals surface area (Å²) in [5.74, 6) is -1.60. The Morgan fingerprint density at radius 3 is 2.92 bits per heavy atom. The summed E-state index contributed by atoms with van der Waals surface area (Å²) >= 11 is 0. The maximum atomic E-state index is 12.6. The second-order valence-corrected chi connectivity index (χ2v) is 6.56. The van der Waals surface area contributed by atoms with Gasteiger partial charge >= 0.3 is 5.97 Å². The van der Waals surface area contributed by atoms with Crippen LogP contribution in [0, 0.1) is 5.92 Å². The maximum Gasteiger partial charge on any atom is 0.308 e. The van der Waals surface area contributed by atoms with Crippen LogP contribution in [0.15, 0.2) is 18.2 Å². The van der Waals surface area contributed by atoms with Gasteiger partial charge in [-0.2, -0.15) is 0 Å². The highest BCUT2D eigenvalue weighted by Crippen LogP contribution is 2.34. The van der Waals surface area contributed by atoms with Crippen molar-refractivity contribution < 1.29 is 24.2 Å². The van der Waals surface area contributed by atoms with E-state index in [0.29, 0.717) is 29.8 Å². The van der Waals surface area contributed by atoms with Crippen LogP contribution in [0.1, 0.15) is 43.0 Å². The van der Waals surface area contributed by atoms with Crippen molar-refractivity contribution in [1.29, 1.82) is 0 Å². The van der Waals surface area contributed by atoms with Gasteiger partial charge in [0, 0.05) is 5.56 Å². The number of carboxylic acid groups (broad SMARTS) is 1. The summed E-state index contributed by atoms with van der Waals surface area (Å²) in [6.45, 7) is 1.74. The average Bonchev–Trinajstić information content (AvgIpc) is 2.53. The van der Waals surface area contributed by atoms with E-state index in [0.717, 1.165) is 12.8 Å². The van der Waals surface area contributed by atoms with Crippen molar-refractivity contribution in [3.8, 4) is 5.75 Å². The average molecular weight is 332 g/mol. The Kier molecular flexibility index (Phi) is 4.17. The minimum atomic E-state index is -0.886. The molecule has 2 unspecified atom stereocenters. The molecule has 1 saturated carbocycles. The highest BCUT2D eigenvalue weighted by Gasteiger charge is 2.42. The molecule has 1 heterocycles. The number of carbonyl (C=O) groups is 3. The molecule has 7 heteroatoms. The standard InChI is InChI=1S/C17H20N2O5/c1-17(7-3-2-4-11(17)16(22)23)19-15(21)10-5-6-13-12(8-10)18-14(20)9-24-13/h5-6,8,11H,2-4,7,9H2,1H3,(H,18,20)(H,19,21)(H,22,23). The molecule has 128 valence electrons. The molecule has 3 N–H and O–H groups in total. The smallest absolute Gasteiger partial charge is 0.308 e. The van der Waals surface area contributed by atoms with Gasteiger partial charge < -0.3 is 20.5 Å². The zero-order chi connectivity index (χ0) is 17.3. The minimum absolute atomic E-state index is 0.0447. The summed E-state index contributed by atoms with van der Waals surface area (Å²) in [4.78, 5) is 35.5. The predicted octanol–water partition coefficient (Wildman–Crippen LogP) is 1.78. The predicted molar refractivity (Wildman–Crippen MR) is 86.0 cm³/mol. The van der Waals surface area contributed by atoms with Crippen molar-refractivity contribution in [2.75, 3.05) is 11.9 Å². The third-order valence-electron chi connectivity index (χ3n) is 4.78. The molecular weight excluding hydrogens is 312 g/mol. The van der Waals surface area contributed by atoms with Crippen molar-refractivity contribution in [2.24, 2.45) is 5.92 Å². The number of benzene rings is 1. The van der Waals surface area contributed by atoms with Gasteiger partial charge in [0.05, 0.1) is 17.1 Å². The Morgan fingerprint density at radius 2 is 2.17 bits per heavy atom. The highest BCUT2D eigenvalue weighted by molar-refractivity contribution is 6.00. The molecule has 2 amide bonds. The van der Waals surface area contributed by atoms with E-state index in [-0.39, 0.29) is 18.4 Å². The summed E-state index contributed by atoms with van der Waals surface area (Å²) < 4.78 is 5.27. The van der Waals surface area contributed by atoms with Gasteiger partial charge in [0.15, 0.2) is 6.61 Å². The lowest BCUT2D eigenvalue weighted by Gasteiger charge is -2.39. The molecule has 0 radical (unpaired) electrons. The van der Waals surface area contributed by atoms with E-state index in [1.54, 1.807) is 25.1 Å². The fourth-order valence-electron chi connectivity index (χ4n) is 3.43. The van der Waals surface area contributed by atoms with E-state index in [9.17, 15) is 19.5 Å². The van der Waals surface area contributed by atoms with Crippen molar-refractivity contribution in [2.45, 2.75) is 38.1 Å². The largest absolute Gasteiger partial charge is 0.482 e. The molecular formula is C17H20N2O5. The Hall–Kier alpha value is -2.57. The number of amides is 2. The van der Waals surface area contributed by atoms with Crippen LogP contribution in [0.4, 0.5) is 5.69 Å². The Morgan fingerprint density at radius 1 is 1.38 bits per heavy atom. The third-order valence-corrected chi connectivity index (χ3v) is 4.78.